The van der Waals surface area contributed by atoms with Crippen molar-refractivity contribution in [1.82, 2.24) is 0 Å². The molecule has 0 aromatic heterocycles. The molecule has 4 nitrogen and oxygen atoms in total. The molecule has 1 rings (SSSR count). The van der Waals surface area contributed by atoms with Gasteiger partial charge in [-0.1, -0.05) is 26.0 Å². The zero-order valence-corrected chi connectivity index (χ0v) is 11.2. The molecule has 0 spiro atoms. The quantitative estimate of drug-likeness (QED) is 0.835. The third-order valence-corrected chi connectivity index (χ3v) is 2.27. The molecule has 0 aliphatic heterocycles. The van der Waals surface area contributed by atoms with Crippen molar-refractivity contribution < 1.29 is 14.3 Å². The van der Waals surface area contributed by atoms with Crippen LogP contribution in [-0.2, 0) is 9.53 Å². The molecule has 1 N–H and O–H groups in total. The second-order valence-electron chi connectivity index (χ2n) is 4.64. The Labute approximate surface area is 107 Å². The summed E-state index contributed by atoms with van der Waals surface area (Å²) in [5.74, 6) is -0.691. The molecule has 0 heterocycles. The summed E-state index contributed by atoms with van der Waals surface area (Å²) < 4.78 is 5.13. The van der Waals surface area contributed by atoms with Crippen LogP contribution in [0.15, 0.2) is 24.3 Å². The Hall–Kier alpha value is -1.84. The molecule has 0 aliphatic rings. The normalized spacial score (nSPS) is 10.6. The molecular formula is C14H19NO3. The molecule has 1 aromatic rings. The minimum atomic E-state index is -0.426. The molecule has 1 aromatic carbocycles. The summed E-state index contributed by atoms with van der Waals surface area (Å²) in [5.41, 5.74) is 0.863. The van der Waals surface area contributed by atoms with E-state index in [0.29, 0.717) is 11.3 Å². The van der Waals surface area contributed by atoms with Crippen LogP contribution < -0.4 is 5.32 Å². The second-order valence-corrected chi connectivity index (χ2v) is 4.64. The van der Waals surface area contributed by atoms with Gasteiger partial charge in [-0.25, -0.2) is 4.79 Å². The van der Waals surface area contributed by atoms with Crippen LogP contribution in [0.1, 0.15) is 38.1 Å². The maximum absolute atomic E-state index is 11.9. The van der Waals surface area contributed by atoms with Gasteiger partial charge in [-0.2, -0.15) is 0 Å². The largest absolute Gasteiger partial charge is 0.459 e. The number of hydrogen-bond acceptors (Lipinski definition) is 3. The first kappa shape index (κ1) is 14.2. The zero-order valence-electron chi connectivity index (χ0n) is 11.2. The summed E-state index contributed by atoms with van der Waals surface area (Å²) in [7, 11) is 0. The first-order chi connectivity index (χ1) is 8.41. The molecule has 1 amide bonds. The molecule has 4 heteroatoms. The summed E-state index contributed by atoms with van der Waals surface area (Å²) >= 11 is 0. The van der Waals surface area contributed by atoms with Gasteiger partial charge in [0, 0.05) is 5.92 Å². The van der Waals surface area contributed by atoms with Crippen molar-refractivity contribution >= 4 is 17.6 Å². The highest BCUT2D eigenvalue weighted by Gasteiger charge is 2.16. The molecule has 0 fully saturated rings. The van der Waals surface area contributed by atoms with Gasteiger partial charge in [-0.15, -0.1) is 0 Å². The number of carbonyl (C=O) groups excluding carboxylic acids is 2. The van der Waals surface area contributed by atoms with Crippen LogP contribution in [0.4, 0.5) is 5.69 Å². The van der Waals surface area contributed by atoms with Crippen LogP contribution in [0.5, 0.6) is 0 Å². The van der Waals surface area contributed by atoms with Crippen molar-refractivity contribution in [3.63, 3.8) is 0 Å². The summed E-state index contributed by atoms with van der Waals surface area (Å²) in [5, 5.41) is 2.72. The van der Waals surface area contributed by atoms with Crippen LogP contribution in [0, 0.1) is 5.92 Å². The highest BCUT2D eigenvalue weighted by atomic mass is 16.5. The summed E-state index contributed by atoms with van der Waals surface area (Å²) in [4.78, 5) is 23.5. The third kappa shape index (κ3) is 3.87. The molecule has 0 bridgehead atoms. The fourth-order valence-electron chi connectivity index (χ4n) is 1.32. The average molecular weight is 249 g/mol. The van der Waals surface area contributed by atoms with Gasteiger partial charge in [0.05, 0.1) is 17.4 Å². The second kappa shape index (κ2) is 6.19. The summed E-state index contributed by atoms with van der Waals surface area (Å²) in [6.45, 7) is 7.16. The summed E-state index contributed by atoms with van der Waals surface area (Å²) in [6.07, 6.45) is -0.189. The van der Waals surface area contributed by atoms with Crippen molar-refractivity contribution in [3.05, 3.63) is 29.8 Å². The van der Waals surface area contributed by atoms with Gasteiger partial charge in [-0.3, -0.25) is 4.79 Å². The van der Waals surface area contributed by atoms with Crippen molar-refractivity contribution in [2.24, 2.45) is 5.92 Å². The smallest absolute Gasteiger partial charge is 0.340 e. The van der Waals surface area contributed by atoms with E-state index in [4.69, 9.17) is 4.74 Å². The average Bonchev–Trinajstić information content (AvgIpc) is 2.28. The van der Waals surface area contributed by atoms with Gasteiger partial charge >= 0.3 is 5.97 Å². The monoisotopic (exact) mass is 249 g/mol. The van der Waals surface area contributed by atoms with Crippen LogP contribution in [0.3, 0.4) is 0 Å². The predicted octanol–water partition coefficient (Wildman–Crippen LogP) is 2.85. The molecule has 0 aliphatic carbocycles. The molecule has 98 valence electrons. The first-order valence-corrected chi connectivity index (χ1v) is 6.02. The van der Waals surface area contributed by atoms with E-state index in [1.807, 2.05) is 0 Å². The van der Waals surface area contributed by atoms with Gasteiger partial charge in [-0.05, 0) is 26.0 Å². The van der Waals surface area contributed by atoms with Crippen LogP contribution in [0.25, 0.3) is 0 Å². The molecule has 0 atom stereocenters. The molecule has 0 saturated heterocycles. The van der Waals surface area contributed by atoms with Crippen LogP contribution in [-0.4, -0.2) is 18.0 Å². The highest BCUT2D eigenvalue weighted by Crippen LogP contribution is 2.17. The minimum Gasteiger partial charge on any atom is -0.459 e. The van der Waals surface area contributed by atoms with Gasteiger partial charge in [0.25, 0.3) is 0 Å². The van der Waals surface area contributed by atoms with Crippen molar-refractivity contribution in [2.45, 2.75) is 33.8 Å². The van der Waals surface area contributed by atoms with Gasteiger partial charge in [0.15, 0.2) is 0 Å². The van der Waals surface area contributed by atoms with Gasteiger partial charge in [0.2, 0.25) is 5.91 Å². The Kier molecular flexibility index (Phi) is 4.89. The number of para-hydroxylation sites is 1. The minimum absolute atomic E-state index is 0.125. The van der Waals surface area contributed by atoms with E-state index in [0.717, 1.165) is 0 Å². The lowest BCUT2D eigenvalue weighted by Crippen LogP contribution is -2.20. The lowest BCUT2D eigenvalue weighted by molar-refractivity contribution is -0.118. The third-order valence-electron chi connectivity index (χ3n) is 2.27. The lowest BCUT2D eigenvalue weighted by atomic mass is 10.1. The molecule has 0 saturated carbocycles. The first-order valence-electron chi connectivity index (χ1n) is 6.02. The molecule has 0 unspecified atom stereocenters. The Bertz CT molecular complexity index is 438. The number of esters is 1. The molecule has 18 heavy (non-hydrogen) atoms. The Morgan fingerprint density at radius 3 is 2.28 bits per heavy atom. The number of ether oxygens (including phenoxy) is 1. The van der Waals surface area contributed by atoms with Crippen molar-refractivity contribution in [1.29, 1.82) is 0 Å². The van der Waals surface area contributed by atoms with E-state index in [9.17, 15) is 9.59 Å². The number of nitrogens with one attached hydrogen (secondary N) is 1. The highest BCUT2D eigenvalue weighted by molar-refractivity contribution is 6.01. The van der Waals surface area contributed by atoms with E-state index in [2.05, 4.69) is 5.32 Å². The number of rotatable bonds is 4. The Morgan fingerprint density at radius 1 is 1.11 bits per heavy atom. The fraction of sp³-hybridized carbons (Fsp3) is 0.429. The van der Waals surface area contributed by atoms with Crippen LogP contribution >= 0.6 is 0 Å². The topological polar surface area (TPSA) is 55.4 Å². The maximum atomic E-state index is 11.9. The number of benzene rings is 1. The van der Waals surface area contributed by atoms with Gasteiger partial charge in [0.1, 0.15) is 0 Å². The van der Waals surface area contributed by atoms with Crippen molar-refractivity contribution in [2.75, 3.05) is 5.32 Å². The van der Waals surface area contributed by atoms with E-state index in [1.165, 1.54) is 0 Å². The number of amides is 1. The van der Waals surface area contributed by atoms with Crippen LogP contribution in [0.2, 0.25) is 0 Å². The fourth-order valence-corrected chi connectivity index (χ4v) is 1.32. The predicted molar refractivity (Wildman–Crippen MR) is 70.5 cm³/mol. The van der Waals surface area contributed by atoms with E-state index >= 15 is 0 Å². The maximum Gasteiger partial charge on any atom is 0.340 e. The zero-order chi connectivity index (χ0) is 13.7. The van der Waals surface area contributed by atoms with E-state index in [-0.39, 0.29) is 17.9 Å². The lowest BCUT2D eigenvalue weighted by Gasteiger charge is -2.13. The Balaban J connectivity index is 2.92. The standard InChI is InChI=1S/C14H19NO3/c1-9(2)13(16)15-12-8-6-5-7-11(12)14(17)18-10(3)4/h5-10H,1-4H3,(H,15,16). The number of carbonyl (C=O) groups is 2. The Morgan fingerprint density at radius 2 is 1.72 bits per heavy atom. The number of anilines is 1. The van der Waals surface area contributed by atoms with E-state index < -0.39 is 5.97 Å². The molecule has 0 radical (unpaired) electrons. The summed E-state index contributed by atoms with van der Waals surface area (Å²) in [6, 6.07) is 6.84. The molecular weight excluding hydrogens is 230 g/mol. The van der Waals surface area contributed by atoms with Gasteiger partial charge < -0.3 is 10.1 Å². The number of hydrogen-bond donors (Lipinski definition) is 1. The SMILES string of the molecule is CC(C)OC(=O)c1ccccc1NC(=O)C(C)C. The van der Waals surface area contributed by atoms with Crippen molar-refractivity contribution in [3.8, 4) is 0 Å². The van der Waals surface area contributed by atoms with E-state index in [1.54, 1.807) is 52.0 Å².